The van der Waals surface area contributed by atoms with Crippen LogP contribution in [0.5, 0.6) is 0 Å². The first-order chi connectivity index (χ1) is 6.78. The molecule has 0 aromatic carbocycles. The minimum atomic E-state index is -5.29. The van der Waals surface area contributed by atoms with Gasteiger partial charge in [-0.2, -0.15) is 13.2 Å². The molecule has 0 saturated heterocycles. The highest BCUT2D eigenvalue weighted by molar-refractivity contribution is 7.90. The molecule has 0 spiro atoms. The first-order valence-corrected chi connectivity index (χ1v) is 5.95. The highest BCUT2D eigenvalue weighted by Gasteiger charge is 2.48. The molecule has 1 rings (SSSR count). The molecule has 1 saturated carbocycles. The highest BCUT2D eigenvalue weighted by Crippen LogP contribution is 2.29. The molecule has 1 fully saturated rings. The van der Waals surface area contributed by atoms with Crippen LogP contribution in [0.3, 0.4) is 0 Å². The van der Waals surface area contributed by atoms with Gasteiger partial charge in [0.2, 0.25) is 0 Å². The lowest BCUT2D eigenvalue weighted by molar-refractivity contribution is -0.0453. The predicted octanol–water partition coefficient (Wildman–Crippen LogP) is 0.587. The molecular formula is C7H12F3NO3S. The molecule has 0 heterocycles. The molecule has 1 aliphatic carbocycles. The topological polar surface area (TPSA) is 66.4 Å². The van der Waals surface area contributed by atoms with E-state index in [2.05, 4.69) is 0 Å². The summed E-state index contributed by atoms with van der Waals surface area (Å²) in [5.41, 5.74) is -5.28. The van der Waals surface area contributed by atoms with Crippen molar-refractivity contribution in [2.45, 2.75) is 30.8 Å². The first kappa shape index (κ1) is 12.7. The van der Waals surface area contributed by atoms with E-state index < -0.39 is 27.5 Å². The van der Waals surface area contributed by atoms with Crippen LogP contribution >= 0.6 is 0 Å². The Morgan fingerprint density at radius 2 is 1.93 bits per heavy atom. The second-order valence-corrected chi connectivity index (χ2v) is 5.25. The summed E-state index contributed by atoms with van der Waals surface area (Å²) in [5.74, 6) is -0.415. The number of halogens is 3. The Kier molecular flexibility index (Phi) is 3.62. The van der Waals surface area contributed by atoms with Crippen LogP contribution in [0.4, 0.5) is 13.2 Å². The Hall–Kier alpha value is -0.340. The van der Waals surface area contributed by atoms with Gasteiger partial charge in [-0.1, -0.05) is 6.42 Å². The van der Waals surface area contributed by atoms with Crippen molar-refractivity contribution in [3.05, 3.63) is 0 Å². The fourth-order valence-electron chi connectivity index (χ4n) is 1.68. The number of rotatable bonds is 3. The number of hydrogen-bond donors (Lipinski definition) is 2. The van der Waals surface area contributed by atoms with E-state index in [1.54, 1.807) is 4.72 Å². The lowest BCUT2D eigenvalue weighted by Crippen LogP contribution is -2.44. The number of alkyl halides is 3. The van der Waals surface area contributed by atoms with Crippen molar-refractivity contribution >= 4 is 10.0 Å². The summed E-state index contributed by atoms with van der Waals surface area (Å²) >= 11 is 0. The fraction of sp³-hybridized carbons (Fsp3) is 1.00. The molecule has 90 valence electrons. The van der Waals surface area contributed by atoms with Crippen molar-refractivity contribution < 1.29 is 26.7 Å². The number of aliphatic hydroxyl groups excluding tert-OH is 1. The molecule has 1 aliphatic rings. The average Bonchev–Trinajstić information content (AvgIpc) is 2.48. The standard InChI is InChI=1S/C7H12F3NO3S/c8-7(9,10)15(13,14)11-6-3-1-2-5(6)4-12/h5-6,11-12H,1-4H2. The summed E-state index contributed by atoms with van der Waals surface area (Å²) in [6.07, 6.45) is 1.50. The summed E-state index contributed by atoms with van der Waals surface area (Å²) in [5, 5.41) is 8.82. The smallest absolute Gasteiger partial charge is 0.396 e. The summed E-state index contributed by atoms with van der Waals surface area (Å²) in [6.45, 7) is -0.301. The minimum absolute atomic E-state index is 0.301. The molecule has 2 N–H and O–H groups in total. The molecule has 2 atom stereocenters. The van der Waals surface area contributed by atoms with Crippen LogP contribution in [0.2, 0.25) is 0 Å². The van der Waals surface area contributed by atoms with E-state index in [4.69, 9.17) is 5.11 Å². The van der Waals surface area contributed by atoms with Gasteiger partial charge in [0.15, 0.2) is 0 Å². The summed E-state index contributed by atoms with van der Waals surface area (Å²) < 4.78 is 59.1. The molecule has 8 heteroatoms. The maximum Gasteiger partial charge on any atom is 0.511 e. The van der Waals surface area contributed by atoms with Gasteiger partial charge in [0, 0.05) is 12.6 Å². The average molecular weight is 247 g/mol. The van der Waals surface area contributed by atoms with E-state index in [1.165, 1.54) is 0 Å². The van der Waals surface area contributed by atoms with Gasteiger partial charge in [0.05, 0.1) is 0 Å². The van der Waals surface area contributed by atoms with Crippen LogP contribution in [-0.2, 0) is 10.0 Å². The van der Waals surface area contributed by atoms with E-state index in [9.17, 15) is 21.6 Å². The summed E-state index contributed by atoms with van der Waals surface area (Å²) in [6, 6.07) is -0.804. The molecule has 0 aliphatic heterocycles. The minimum Gasteiger partial charge on any atom is -0.396 e. The monoisotopic (exact) mass is 247 g/mol. The second-order valence-electron chi connectivity index (χ2n) is 3.55. The van der Waals surface area contributed by atoms with E-state index in [0.29, 0.717) is 19.3 Å². The number of hydrogen-bond acceptors (Lipinski definition) is 3. The molecule has 0 bridgehead atoms. The normalized spacial score (nSPS) is 28.3. The van der Waals surface area contributed by atoms with Crippen LogP contribution in [0, 0.1) is 5.92 Å². The van der Waals surface area contributed by atoms with Crippen LogP contribution in [0.1, 0.15) is 19.3 Å². The molecule has 2 unspecified atom stereocenters. The zero-order chi connectivity index (χ0) is 11.7. The van der Waals surface area contributed by atoms with Crippen LogP contribution < -0.4 is 4.72 Å². The van der Waals surface area contributed by atoms with Gasteiger partial charge in [-0.15, -0.1) is 0 Å². The third kappa shape index (κ3) is 2.82. The Labute approximate surface area is 85.5 Å². The van der Waals surface area contributed by atoms with Gasteiger partial charge >= 0.3 is 15.5 Å². The number of aliphatic hydroxyl groups is 1. The molecule has 15 heavy (non-hydrogen) atoms. The lowest BCUT2D eigenvalue weighted by atomic mass is 10.1. The Bertz CT molecular complexity index is 314. The zero-order valence-corrected chi connectivity index (χ0v) is 8.61. The first-order valence-electron chi connectivity index (χ1n) is 4.47. The summed E-state index contributed by atoms with van der Waals surface area (Å²) in [4.78, 5) is 0. The predicted molar refractivity (Wildman–Crippen MR) is 46.3 cm³/mol. The van der Waals surface area contributed by atoms with E-state index >= 15 is 0 Å². The largest absolute Gasteiger partial charge is 0.511 e. The van der Waals surface area contributed by atoms with Gasteiger partial charge in [0.25, 0.3) is 0 Å². The van der Waals surface area contributed by atoms with Gasteiger partial charge in [-0.25, -0.2) is 13.1 Å². The molecule has 0 amide bonds. The van der Waals surface area contributed by atoms with Crippen molar-refractivity contribution in [2.24, 2.45) is 5.92 Å². The third-order valence-corrected chi connectivity index (χ3v) is 3.73. The van der Waals surface area contributed by atoms with E-state index in [0.717, 1.165) is 0 Å². The number of nitrogens with one attached hydrogen (secondary N) is 1. The lowest BCUT2D eigenvalue weighted by Gasteiger charge is -2.19. The van der Waals surface area contributed by atoms with Crippen LogP contribution in [0.25, 0.3) is 0 Å². The van der Waals surface area contributed by atoms with Crippen molar-refractivity contribution in [1.82, 2.24) is 4.72 Å². The van der Waals surface area contributed by atoms with E-state index in [1.807, 2.05) is 0 Å². The van der Waals surface area contributed by atoms with Crippen molar-refractivity contribution in [2.75, 3.05) is 6.61 Å². The maximum absolute atomic E-state index is 12.0. The van der Waals surface area contributed by atoms with Crippen LogP contribution in [0.15, 0.2) is 0 Å². The Morgan fingerprint density at radius 1 is 1.33 bits per heavy atom. The molecule has 0 aromatic heterocycles. The molecular weight excluding hydrogens is 235 g/mol. The zero-order valence-electron chi connectivity index (χ0n) is 7.79. The fourth-order valence-corrected chi connectivity index (χ4v) is 2.52. The van der Waals surface area contributed by atoms with Gasteiger partial charge < -0.3 is 5.11 Å². The van der Waals surface area contributed by atoms with Crippen LogP contribution in [-0.4, -0.2) is 31.7 Å². The van der Waals surface area contributed by atoms with E-state index in [-0.39, 0.29) is 6.61 Å². The quantitative estimate of drug-likeness (QED) is 0.767. The van der Waals surface area contributed by atoms with Crippen molar-refractivity contribution in [3.8, 4) is 0 Å². The SMILES string of the molecule is O=S(=O)(NC1CCCC1CO)C(F)(F)F. The van der Waals surface area contributed by atoms with Crippen molar-refractivity contribution in [1.29, 1.82) is 0 Å². The van der Waals surface area contributed by atoms with Crippen molar-refractivity contribution in [3.63, 3.8) is 0 Å². The second kappa shape index (κ2) is 4.26. The highest BCUT2D eigenvalue weighted by atomic mass is 32.2. The van der Waals surface area contributed by atoms with Gasteiger partial charge in [-0.3, -0.25) is 0 Å². The van der Waals surface area contributed by atoms with Gasteiger partial charge in [-0.05, 0) is 18.8 Å². The maximum atomic E-state index is 12.0. The van der Waals surface area contributed by atoms with Gasteiger partial charge in [0.1, 0.15) is 0 Å². The number of sulfonamides is 1. The molecule has 0 radical (unpaired) electrons. The Balaban J connectivity index is 2.70. The third-order valence-electron chi connectivity index (χ3n) is 2.50. The molecule has 4 nitrogen and oxygen atoms in total. The summed E-state index contributed by atoms with van der Waals surface area (Å²) in [7, 11) is -5.29. The Morgan fingerprint density at radius 3 is 2.40 bits per heavy atom. The molecule has 0 aromatic rings.